The molecule has 1 fully saturated rings. The number of hydrogen-bond donors (Lipinski definition) is 2. The van der Waals surface area contributed by atoms with Gasteiger partial charge in [-0.25, -0.2) is 0 Å². The summed E-state index contributed by atoms with van der Waals surface area (Å²) in [4.78, 5) is 47.7. The van der Waals surface area contributed by atoms with E-state index < -0.39 is 0 Å². The third kappa shape index (κ3) is 11.2. The van der Waals surface area contributed by atoms with Crippen LogP contribution in [0, 0.1) is 5.92 Å². The molecular formula is C26H38N2O5. The average molecular weight is 459 g/mol. The maximum Gasteiger partial charge on any atom is 0.250 e. The van der Waals surface area contributed by atoms with Crippen LogP contribution in [0.5, 0.6) is 0 Å². The fraction of sp³-hybridized carbons (Fsp3) is 0.615. The predicted molar refractivity (Wildman–Crippen MR) is 128 cm³/mol. The van der Waals surface area contributed by atoms with Crippen molar-refractivity contribution in [3.05, 3.63) is 29.8 Å². The number of carbonyl (C=O) groups is 4. The van der Waals surface area contributed by atoms with Gasteiger partial charge in [0.15, 0.2) is 5.78 Å². The number of hydrogen-bond acceptors (Lipinski definition) is 5. The number of unbranched alkanes of at least 4 members (excludes halogenated alkanes) is 2. The molecule has 1 aromatic carbocycles. The molecule has 0 aromatic heterocycles. The van der Waals surface area contributed by atoms with Crippen molar-refractivity contribution in [2.24, 2.45) is 5.92 Å². The Kier molecular flexibility index (Phi) is 12.4. The Labute approximate surface area is 197 Å². The minimum atomic E-state index is -0.300. The lowest BCUT2D eigenvalue weighted by molar-refractivity contribution is -0.130. The summed E-state index contributed by atoms with van der Waals surface area (Å²) in [6.45, 7) is 2.34. The summed E-state index contributed by atoms with van der Waals surface area (Å²) in [7, 11) is 0. The van der Waals surface area contributed by atoms with Gasteiger partial charge in [-0.1, -0.05) is 44.7 Å². The molecule has 0 saturated heterocycles. The first kappa shape index (κ1) is 26.7. The van der Waals surface area contributed by atoms with Gasteiger partial charge in [0.2, 0.25) is 11.8 Å². The number of ether oxygens (including phenoxy) is 1. The summed E-state index contributed by atoms with van der Waals surface area (Å²) in [5, 5.41) is 5.55. The Bertz CT molecular complexity index is 769. The lowest BCUT2D eigenvalue weighted by atomic mass is 10.0. The van der Waals surface area contributed by atoms with E-state index in [-0.39, 0.29) is 42.5 Å². The number of carbonyl (C=O) groups excluding carboxylic acids is 4. The molecule has 1 aliphatic carbocycles. The van der Waals surface area contributed by atoms with Crippen LogP contribution in [0.2, 0.25) is 0 Å². The normalized spacial score (nSPS) is 13.6. The van der Waals surface area contributed by atoms with E-state index in [4.69, 9.17) is 4.74 Å². The maximum absolute atomic E-state index is 12.0. The fourth-order valence-electron chi connectivity index (χ4n) is 3.95. The molecule has 33 heavy (non-hydrogen) atoms. The Morgan fingerprint density at radius 2 is 1.64 bits per heavy atom. The first-order chi connectivity index (χ1) is 16.0. The Hall–Kier alpha value is -2.54. The summed E-state index contributed by atoms with van der Waals surface area (Å²) >= 11 is 0. The van der Waals surface area contributed by atoms with Crippen molar-refractivity contribution in [2.45, 2.75) is 77.6 Å². The number of amides is 2. The minimum Gasteiger partial charge on any atom is -0.364 e. The number of nitrogens with one attached hydrogen (secondary N) is 2. The van der Waals surface area contributed by atoms with E-state index in [1.165, 1.54) is 0 Å². The highest BCUT2D eigenvalue weighted by atomic mass is 16.5. The van der Waals surface area contributed by atoms with E-state index in [1.54, 1.807) is 12.1 Å². The zero-order valence-electron chi connectivity index (χ0n) is 19.8. The zero-order valence-corrected chi connectivity index (χ0v) is 19.8. The maximum atomic E-state index is 12.0. The molecule has 0 radical (unpaired) electrons. The number of benzene rings is 1. The molecular weight excluding hydrogens is 420 g/mol. The lowest BCUT2D eigenvalue weighted by Gasteiger charge is -2.09. The third-order valence-electron chi connectivity index (χ3n) is 5.95. The van der Waals surface area contributed by atoms with E-state index >= 15 is 0 Å². The Morgan fingerprint density at radius 1 is 0.909 bits per heavy atom. The largest absolute Gasteiger partial charge is 0.364 e. The minimum absolute atomic E-state index is 0.00783. The van der Waals surface area contributed by atoms with Crippen molar-refractivity contribution < 1.29 is 23.9 Å². The van der Waals surface area contributed by atoms with Crippen LogP contribution in [-0.2, 0) is 30.3 Å². The fourth-order valence-corrected chi connectivity index (χ4v) is 3.95. The van der Waals surface area contributed by atoms with Gasteiger partial charge < -0.3 is 15.4 Å². The summed E-state index contributed by atoms with van der Waals surface area (Å²) in [6.07, 6.45) is 9.05. The molecule has 0 heterocycles. The van der Waals surface area contributed by atoms with Crippen molar-refractivity contribution in [3.63, 3.8) is 0 Å². The van der Waals surface area contributed by atoms with Gasteiger partial charge in [0, 0.05) is 37.4 Å². The molecule has 0 aliphatic heterocycles. The Balaban J connectivity index is 1.58. The molecule has 2 rings (SSSR count). The number of Topliss-reactive ketones (excluding diaryl/α,β-unsaturated/α-hetero) is 2. The molecule has 7 heteroatoms. The SMILES string of the molecule is CCCCCC(=O)CCNC(=O)CCc1ccc(NC(=O)COCC(=O)C2CCCC2)cc1. The highest BCUT2D eigenvalue weighted by Crippen LogP contribution is 2.25. The second kappa shape index (κ2) is 15.3. The molecule has 0 atom stereocenters. The first-order valence-electron chi connectivity index (χ1n) is 12.3. The quantitative estimate of drug-likeness (QED) is 0.365. The molecule has 0 unspecified atom stereocenters. The predicted octanol–water partition coefficient (Wildman–Crippen LogP) is 3.99. The van der Waals surface area contributed by atoms with Gasteiger partial charge in [-0.05, 0) is 43.4 Å². The van der Waals surface area contributed by atoms with Gasteiger partial charge in [-0.3, -0.25) is 19.2 Å². The number of anilines is 1. The molecule has 7 nitrogen and oxygen atoms in total. The van der Waals surface area contributed by atoms with Crippen LogP contribution in [0.15, 0.2) is 24.3 Å². The summed E-state index contributed by atoms with van der Waals surface area (Å²) in [6, 6.07) is 7.29. The summed E-state index contributed by atoms with van der Waals surface area (Å²) < 4.78 is 5.27. The number of rotatable bonds is 16. The highest BCUT2D eigenvalue weighted by Gasteiger charge is 2.22. The molecule has 0 bridgehead atoms. The van der Waals surface area contributed by atoms with Crippen molar-refractivity contribution >= 4 is 29.1 Å². The Morgan fingerprint density at radius 3 is 2.33 bits per heavy atom. The van der Waals surface area contributed by atoms with E-state index in [0.717, 1.165) is 50.5 Å². The van der Waals surface area contributed by atoms with Crippen LogP contribution < -0.4 is 10.6 Å². The van der Waals surface area contributed by atoms with E-state index in [1.807, 2.05) is 12.1 Å². The van der Waals surface area contributed by atoms with Gasteiger partial charge in [-0.15, -0.1) is 0 Å². The molecule has 1 aromatic rings. The van der Waals surface area contributed by atoms with Crippen LogP contribution in [-0.4, -0.2) is 43.1 Å². The highest BCUT2D eigenvalue weighted by molar-refractivity contribution is 5.92. The molecule has 2 amide bonds. The summed E-state index contributed by atoms with van der Waals surface area (Å²) in [5.41, 5.74) is 1.62. The number of aryl methyl sites for hydroxylation is 1. The average Bonchev–Trinajstić information content (AvgIpc) is 3.34. The molecule has 182 valence electrons. The molecule has 0 spiro atoms. The smallest absolute Gasteiger partial charge is 0.250 e. The van der Waals surface area contributed by atoms with Crippen LogP contribution >= 0.6 is 0 Å². The van der Waals surface area contributed by atoms with Crippen molar-refractivity contribution in [1.82, 2.24) is 5.32 Å². The second-order valence-corrected chi connectivity index (χ2v) is 8.78. The molecule has 2 N–H and O–H groups in total. The van der Waals surface area contributed by atoms with E-state index in [9.17, 15) is 19.2 Å². The second-order valence-electron chi connectivity index (χ2n) is 8.78. The van der Waals surface area contributed by atoms with Crippen LogP contribution in [0.1, 0.15) is 76.7 Å². The number of ketones is 2. The van der Waals surface area contributed by atoms with Gasteiger partial charge >= 0.3 is 0 Å². The molecule has 1 saturated carbocycles. The van der Waals surface area contributed by atoms with Crippen LogP contribution in [0.25, 0.3) is 0 Å². The monoisotopic (exact) mass is 458 g/mol. The van der Waals surface area contributed by atoms with Crippen molar-refractivity contribution in [1.29, 1.82) is 0 Å². The van der Waals surface area contributed by atoms with Gasteiger partial charge in [0.25, 0.3) is 0 Å². The van der Waals surface area contributed by atoms with Crippen LogP contribution in [0.4, 0.5) is 5.69 Å². The third-order valence-corrected chi connectivity index (χ3v) is 5.95. The first-order valence-corrected chi connectivity index (χ1v) is 12.3. The standard InChI is InChI=1S/C26H38N2O5/c1-2-3-4-9-23(29)16-17-27-25(31)15-12-20-10-13-22(14-11-20)28-26(32)19-33-18-24(30)21-7-5-6-8-21/h10-11,13-14,21H,2-9,12,15-19H2,1H3,(H,27,31)(H,28,32). The van der Waals surface area contributed by atoms with Crippen LogP contribution in [0.3, 0.4) is 0 Å². The van der Waals surface area contributed by atoms with Gasteiger partial charge in [0.1, 0.15) is 19.0 Å². The van der Waals surface area contributed by atoms with Gasteiger partial charge in [0.05, 0.1) is 0 Å². The van der Waals surface area contributed by atoms with Crippen molar-refractivity contribution in [3.8, 4) is 0 Å². The van der Waals surface area contributed by atoms with Crippen molar-refractivity contribution in [2.75, 3.05) is 25.1 Å². The van der Waals surface area contributed by atoms with Gasteiger partial charge in [-0.2, -0.15) is 0 Å². The van der Waals surface area contributed by atoms with E-state index in [0.29, 0.717) is 37.9 Å². The summed E-state index contributed by atoms with van der Waals surface area (Å²) in [5.74, 6) is 0.0174. The lowest BCUT2D eigenvalue weighted by Crippen LogP contribution is -2.26. The molecule has 1 aliphatic rings. The zero-order chi connectivity index (χ0) is 23.9. The topological polar surface area (TPSA) is 102 Å². The van der Waals surface area contributed by atoms with E-state index in [2.05, 4.69) is 17.6 Å².